The van der Waals surface area contributed by atoms with Crippen LogP contribution in [0.15, 0.2) is 18.2 Å². The van der Waals surface area contributed by atoms with E-state index in [1.807, 2.05) is 0 Å². The van der Waals surface area contributed by atoms with Gasteiger partial charge in [0.25, 0.3) is 0 Å². The zero-order valence-electron chi connectivity index (χ0n) is 10.0. The van der Waals surface area contributed by atoms with Crippen LogP contribution in [0.5, 0.6) is 0 Å². The molecule has 1 aromatic carbocycles. The summed E-state index contributed by atoms with van der Waals surface area (Å²) in [5, 5.41) is 0. The van der Waals surface area contributed by atoms with Crippen LogP contribution < -0.4 is 5.73 Å². The minimum absolute atomic E-state index is 0.0476. The summed E-state index contributed by atoms with van der Waals surface area (Å²) in [6.45, 7) is 0.907. The van der Waals surface area contributed by atoms with E-state index in [0.29, 0.717) is 6.61 Å². The van der Waals surface area contributed by atoms with Crippen molar-refractivity contribution in [3.05, 3.63) is 29.6 Å². The van der Waals surface area contributed by atoms with Gasteiger partial charge in [-0.1, -0.05) is 0 Å². The van der Waals surface area contributed by atoms with Crippen molar-refractivity contribution in [1.29, 1.82) is 0 Å². The maximum atomic E-state index is 13.1. The predicted octanol–water partition coefficient (Wildman–Crippen LogP) is 2.13. The average molecular weight is 253 g/mol. The number of esters is 1. The lowest BCUT2D eigenvalue weighted by Crippen LogP contribution is -2.26. The summed E-state index contributed by atoms with van der Waals surface area (Å²) < 4.78 is 23.6. The molecule has 0 aromatic heterocycles. The Morgan fingerprint density at radius 1 is 1.44 bits per heavy atom. The van der Waals surface area contributed by atoms with Gasteiger partial charge in [0, 0.05) is 12.3 Å². The first kappa shape index (κ1) is 12.8. The highest BCUT2D eigenvalue weighted by molar-refractivity contribution is 5.90. The summed E-state index contributed by atoms with van der Waals surface area (Å²) in [6.07, 6.45) is 2.96. The molecule has 0 bridgehead atoms. The van der Waals surface area contributed by atoms with E-state index >= 15 is 0 Å². The van der Waals surface area contributed by atoms with Crippen molar-refractivity contribution in [3.8, 4) is 0 Å². The molecule has 18 heavy (non-hydrogen) atoms. The number of benzene rings is 1. The lowest BCUT2D eigenvalue weighted by atomic mass is 10.1. The van der Waals surface area contributed by atoms with Gasteiger partial charge >= 0.3 is 5.97 Å². The molecule has 0 aliphatic carbocycles. The Labute approximate surface area is 105 Å². The summed E-state index contributed by atoms with van der Waals surface area (Å²) in [4.78, 5) is 11.7. The summed E-state index contributed by atoms with van der Waals surface area (Å²) in [7, 11) is 0. The second-order valence-electron chi connectivity index (χ2n) is 4.36. The molecule has 1 aromatic rings. The van der Waals surface area contributed by atoms with Gasteiger partial charge in [0.2, 0.25) is 0 Å². The first-order chi connectivity index (χ1) is 8.65. The zero-order chi connectivity index (χ0) is 13.0. The second-order valence-corrected chi connectivity index (χ2v) is 4.36. The standard InChI is InChI=1S/C13H16FNO3/c14-10-5-9(6-11(15)7-10)13(16)18-8-12-3-1-2-4-17-12/h5-7,12H,1-4,8,15H2. The number of anilines is 1. The Kier molecular flexibility index (Phi) is 4.15. The second kappa shape index (κ2) is 5.82. The van der Waals surface area contributed by atoms with Gasteiger partial charge in [-0.2, -0.15) is 0 Å². The van der Waals surface area contributed by atoms with Crippen LogP contribution in [0.1, 0.15) is 29.6 Å². The molecule has 0 amide bonds. The number of halogens is 1. The van der Waals surface area contributed by atoms with Crippen molar-refractivity contribution in [2.24, 2.45) is 0 Å². The van der Waals surface area contributed by atoms with E-state index in [9.17, 15) is 9.18 Å². The maximum absolute atomic E-state index is 13.1. The lowest BCUT2D eigenvalue weighted by molar-refractivity contribution is -0.0300. The van der Waals surface area contributed by atoms with Crippen LogP contribution >= 0.6 is 0 Å². The topological polar surface area (TPSA) is 61.6 Å². The smallest absolute Gasteiger partial charge is 0.338 e. The fourth-order valence-corrected chi connectivity index (χ4v) is 1.92. The zero-order valence-corrected chi connectivity index (χ0v) is 10.0. The van der Waals surface area contributed by atoms with Crippen LogP contribution in [0.2, 0.25) is 0 Å². The molecule has 1 unspecified atom stereocenters. The highest BCUT2D eigenvalue weighted by Crippen LogP contribution is 2.15. The van der Waals surface area contributed by atoms with Crippen molar-refractivity contribution >= 4 is 11.7 Å². The number of hydrogen-bond acceptors (Lipinski definition) is 4. The molecule has 1 saturated heterocycles. The van der Waals surface area contributed by atoms with E-state index in [-0.39, 0.29) is 24.0 Å². The summed E-state index contributed by atoms with van der Waals surface area (Å²) in [5.41, 5.74) is 5.80. The summed E-state index contributed by atoms with van der Waals surface area (Å²) >= 11 is 0. The Hall–Kier alpha value is -1.62. The van der Waals surface area contributed by atoms with E-state index in [1.165, 1.54) is 6.07 Å². The molecule has 1 heterocycles. The van der Waals surface area contributed by atoms with E-state index < -0.39 is 11.8 Å². The van der Waals surface area contributed by atoms with Gasteiger partial charge in [0.15, 0.2) is 0 Å². The van der Waals surface area contributed by atoms with Crippen LogP contribution in [-0.2, 0) is 9.47 Å². The van der Waals surface area contributed by atoms with E-state index in [2.05, 4.69) is 0 Å². The molecule has 2 N–H and O–H groups in total. The van der Waals surface area contributed by atoms with Crippen molar-refractivity contribution < 1.29 is 18.7 Å². The van der Waals surface area contributed by atoms with Crippen molar-refractivity contribution in [1.82, 2.24) is 0 Å². The monoisotopic (exact) mass is 253 g/mol. The molecule has 98 valence electrons. The lowest BCUT2D eigenvalue weighted by Gasteiger charge is -2.22. The Morgan fingerprint density at radius 2 is 2.28 bits per heavy atom. The van der Waals surface area contributed by atoms with Crippen LogP contribution in [0.3, 0.4) is 0 Å². The van der Waals surface area contributed by atoms with Gasteiger partial charge in [-0.05, 0) is 37.5 Å². The fraction of sp³-hybridized carbons (Fsp3) is 0.462. The molecule has 1 aliphatic heterocycles. The number of rotatable bonds is 3. The van der Waals surface area contributed by atoms with Gasteiger partial charge in [0.05, 0.1) is 11.7 Å². The van der Waals surface area contributed by atoms with Gasteiger partial charge in [0.1, 0.15) is 12.4 Å². The molecule has 2 rings (SSSR count). The van der Waals surface area contributed by atoms with Gasteiger partial charge < -0.3 is 15.2 Å². The number of ether oxygens (including phenoxy) is 2. The predicted molar refractivity (Wildman–Crippen MR) is 64.7 cm³/mol. The number of hydrogen-bond donors (Lipinski definition) is 1. The van der Waals surface area contributed by atoms with Crippen LogP contribution in [-0.4, -0.2) is 25.3 Å². The molecular formula is C13H16FNO3. The Balaban J connectivity index is 1.90. The van der Waals surface area contributed by atoms with Crippen molar-refractivity contribution in [2.45, 2.75) is 25.4 Å². The highest BCUT2D eigenvalue weighted by atomic mass is 19.1. The SMILES string of the molecule is Nc1cc(F)cc(C(=O)OCC2CCCCO2)c1. The van der Waals surface area contributed by atoms with Crippen LogP contribution in [0.25, 0.3) is 0 Å². The average Bonchev–Trinajstić information content (AvgIpc) is 2.36. The minimum Gasteiger partial charge on any atom is -0.459 e. The maximum Gasteiger partial charge on any atom is 0.338 e. The highest BCUT2D eigenvalue weighted by Gasteiger charge is 2.17. The first-order valence-corrected chi connectivity index (χ1v) is 6.00. The largest absolute Gasteiger partial charge is 0.459 e. The third kappa shape index (κ3) is 3.43. The van der Waals surface area contributed by atoms with E-state index in [4.69, 9.17) is 15.2 Å². The van der Waals surface area contributed by atoms with Gasteiger partial charge in [-0.25, -0.2) is 9.18 Å². The number of carbonyl (C=O) groups is 1. The molecule has 0 radical (unpaired) electrons. The number of nitrogen functional groups attached to an aromatic ring is 1. The molecule has 1 aliphatic rings. The minimum atomic E-state index is -0.574. The summed E-state index contributed by atoms with van der Waals surface area (Å²) in [5.74, 6) is -1.12. The van der Waals surface area contributed by atoms with E-state index in [1.54, 1.807) is 0 Å². The number of nitrogens with two attached hydrogens (primary N) is 1. The molecule has 0 saturated carbocycles. The normalized spacial score (nSPS) is 19.5. The van der Waals surface area contributed by atoms with Crippen molar-refractivity contribution in [3.63, 3.8) is 0 Å². The van der Waals surface area contributed by atoms with Crippen LogP contribution in [0.4, 0.5) is 10.1 Å². The molecule has 5 heteroatoms. The first-order valence-electron chi connectivity index (χ1n) is 6.00. The van der Waals surface area contributed by atoms with Crippen molar-refractivity contribution in [2.75, 3.05) is 18.9 Å². The number of carbonyl (C=O) groups excluding carboxylic acids is 1. The summed E-state index contributed by atoms with van der Waals surface area (Å²) in [6, 6.07) is 3.66. The Morgan fingerprint density at radius 3 is 2.94 bits per heavy atom. The Bertz CT molecular complexity index is 410. The van der Waals surface area contributed by atoms with E-state index in [0.717, 1.165) is 31.4 Å². The quantitative estimate of drug-likeness (QED) is 0.662. The van der Waals surface area contributed by atoms with Gasteiger partial charge in [-0.15, -0.1) is 0 Å². The molecule has 0 spiro atoms. The third-order valence-electron chi connectivity index (χ3n) is 2.83. The third-order valence-corrected chi connectivity index (χ3v) is 2.83. The van der Waals surface area contributed by atoms with Gasteiger partial charge in [-0.3, -0.25) is 0 Å². The molecule has 4 nitrogen and oxygen atoms in total. The molecular weight excluding hydrogens is 237 g/mol. The van der Waals surface area contributed by atoms with Crippen LogP contribution in [0, 0.1) is 5.82 Å². The molecule has 1 fully saturated rings. The molecule has 1 atom stereocenters. The fourth-order valence-electron chi connectivity index (χ4n) is 1.92.